The number of rotatable bonds is 1. The molecule has 0 saturated heterocycles. The molecule has 0 bridgehead atoms. The first kappa shape index (κ1) is 23.5. The van der Waals surface area contributed by atoms with Gasteiger partial charge in [0.2, 0.25) is 0 Å². The van der Waals surface area contributed by atoms with Gasteiger partial charge in [0, 0.05) is 32.7 Å². The van der Waals surface area contributed by atoms with E-state index in [-0.39, 0.29) is 38.1 Å². The summed E-state index contributed by atoms with van der Waals surface area (Å²) >= 11 is 0. The van der Waals surface area contributed by atoms with Gasteiger partial charge in [-0.15, -0.1) is 5.41 Å². The minimum Gasteiger partial charge on any atom is -0.394 e. The zero-order valence-electron chi connectivity index (χ0n) is 9.89. The molecule has 0 heterocycles. The summed E-state index contributed by atoms with van der Waals surface area (Å²) in [6.07, 6.45) is 1.44. The Bertz CT molecular complexity index is 112. The summed E-state index contributed by atoms with van der Waals surface area (Å²) in [6, 6.07) is 0. The molecule has 0 spiro atoms. The van der Waals surface area contributed by atoms with Gasteiger partial charge in [0.05, 0.1) is 7.85 Å². The van der Waals surface area contributed by atoms with Gasteiger partial charge in [-0.3, -0.25) is 0 Å². The molecule has 0 rings (SSSR count). The van der Waals surface area contributed by atoms with Crippen LogP contribution in [0.15, 0.2) is 11.6 Å². The molecule has 2 heteroatoms. The van der Waals surface area contributed by atoms with Crippen molar-refractivity contribution in [3.05, 3.63) is 24.8 Å². The third-order valence-corrected chi connectivity index (χ3v) is 1.05. The minimum atomic E-state index is 0. The molecule has 3 radical (unpaired) electrons. The van der Waals surface area contributed by atoms with Crippen LogP contribution in [0.1, 0.15) is 34.6 Å². The van der Waals surface area contributed by atoms with Crippen molar-refractivity contribution >= 4 is 7.85 Å². The molecule has 73 valence electrons. The van der Waals surface area contributed by atoms with Crippen LogP contribution < -0.4 is 0 Å². The van der Waals surface area contributed by atoms with Crippen molar-refractivity contribution in [2.45, 2.75) is 41.4 Å². The van der Waals surface area contributed by atoms with E-state index in [2.05, 4.69) is 7.85 Å². The first-order chi connectivity index (χ1) is 5.48. The summed E-state index contributed by atoms with van der Waals surface area (Å²) in [4.78, 5) is 0. The monoisotopic (exact) mass is 253 g/mol. The molecule has 0 atom stereocenters. The predicted molar refractivity (Wildman–Crippen MR) is 59.1 cm³/mol. The van der Waals surface area contributed by atoms with Gasteiger partial charge in [0.25, 0.3) is 0 Å². The molecule has 0 aliphatic carbocycles. The number of allylic oxidation sites excluding steroid dienone is 2. The quantitative estimate of drug-likeness (QED) is 0.380. The Labute approximate surface area is 112 Å². The van der Waals surface area contributed by atoms with Crippen LogP contribution in [0, 0.1) is 18.6 Å². The third-order valence-electron chi connectivity index (χ3n) is 1.05. The summed E-state index contributed by atoms with van der Waals surface area (Å²) in [5.41, 5.74) is 0.756. The second-order valence-corrected chi connectivity index (χ2v) is 2.87. The molecule has 0 aromatic rings. The van der Waals surface area contributed by atoms with E-state index in [4.69, 9.17) is 13.2 Å². The van der Waals surface area contributed by atoms with E-state index in [1.807, 2.05) is 34.6 Å². The molecule has 0 fully saturated rings. The zero-order chi connectivity index (χ0) is 10.8. The van der Waals surface area contributed by atoms with Gasteiger partial charge in [-0.1, -0.05) is 41.4 Å². The fourth-order valence-corrected chi connectivity index (χ4v) is 0.250. The smallest absolute Gasteiger partial charge is 0.0606 e. The second-order valence-electron chi connectivity index (χ2n) is 2.87. The van der Waals surface area contributed by atoms with E-state index in [0.717, 1.165) is 5.57 Å². The molecule has 0 N–H and O–H groups in total. The first-order valence-electron chi connectivity index (χ1n) is 4.24. The van der Waals surface area contributed by atoms with Crippen LogP contribution in [0.4, 0.5) is 0 Å². The average Bonchev–Trinajstić information content (AvgIpc) is 2.08. The molecule has 0 saturated carbocycles. The Hall–Kier alpha value is 0.649. The van der Waals surface area contributed by atoms with Crippen molar-refractivity contribution < 1.29 is 32.7 Å². The van der Waals surface area contributed by atoms with E-state index in [1.165, 1.54) is 12.9 Å². The van der Waals surface area contributed by atoms with Gasteiger partial charge < -0.3 is 24.8 Å². The van der Waals surface area contributed by atoms with Gasteiger partial charge in [0.15, 0.2) is 0 Å². The minimum absolute atomic E-state index is 0. The molecule has 0 aromatic carbocycles. The maximum absolute atomic E-state index is 5.49. The van der Waals surface area contributed by atoms with Crippen LogP contribution in [0.3, 0.4) is 0 Å². The second kappa shape index (κ2) is 15.1. The molecule has 0 aliphatic rings. The van der Waals surface area contributed by atoms with Crippen LogP contribution in [-0.2, 0) is 32.7 Å². The Kier molecular flexibility index (Phi) is 27.3. The zero-order valence-corrected chi connectivity index (χ0v) is 12.7. The third kappa shape index (κ3) is 19.2. The van der Waals surface area contributed by atoms with Crippen molar-refractivity contribution in [3.8, 4) is 0 Å². The summed E-state index contributed by atoms with van der Waals surface area (Å²) in [5, 5.41) is 0. The van der Waals surface area contributed by atoms with Crippen molar-refractivity contribution in [2.75, 3.05) is 0 Å². The van der Waals surface area contributed by atoms with Crippen LogP contribution in [0.25, 0.3) is 0 Å². The summed E-state index contributed by atoms with van der Waals surface area (Å²) in [6.45, 7) is 22.2. The van der Waals surface area contributed by atoms with E-state index < -0.39 is 0 Å². The maximum Gasteiger partial charge on any atom is 0.0606 e. The maximum atomic E-state index is 5.49. The molecular weight excluding hydrogens is 232 g/mol. The fraction of sp³-hybridized carbons (Fsp3) is 0.636. The fourth-order valence-electron chi connectivity index (χ4n) is 0.250. The van der Waals surface area contributed by atoms with E-state index in [1.54, 1.807) is 0 Å². The molecule has 0 unspecified atom stereocenters. The van der Waals surface area contributed by atoms with Crippen LogP contribution in [0.2, 0.25) is 6.82 Å². The Morgan fingerprint density at radius 1 is 1.15 bits per heavy atom. The van der Waals surface area contributed by atoms with Crippen molar-refractivity contribution in [1.29, 1.82) is 0 Å². The van der Waals surface area contributed by atoms with Gasteiger partial charge in [-0.2, -0.15) is 0 Å². The molecule has 0 nitrogen and oxygen atoms in total. The Morgan fingerprint density at radius 3 is 1.38 bits per heavy atom. The van der Waals surface area contributed by atoms with Gasteiger partial charge in [0.1, 0.15) is 0 Å². The largest absolute Gasteiger partial charge is 0.394 e. The van der Waals surface area contributed by atoms with Crippen molar-refractivity contribution in [3.63, 3.8) is 0 Å². The van der Waals surface area contributed by atoms with E-state index in [0.29, 0.717) is 0 Å². The van der Waals surface area contributed by atoms with E-state index in [9.17, 15) is 0 Å². The molecule has 0 amide bonds. The summed E-state index contributed by atoms with van der Waals surface area (Å²) < 4.78 is 0. The first-order valence-corrected chi connectivity index (χ1v) is 4.24. The number of hydrogen-bond donors (Lipinski definition) is 0. The molecule has 0 aliphatic heterocycles. The average molecular weight is 253 g/mol. The normalized spacial score (nSPS) is 7.54. The van der Waals surface area contributed by atoms with Gasteiger partial charge >= 0.3 is 0 Å². The predicted octanol–water partition coefficient (Wildman–Crippen LogP) is 3.61. The topological polar surface area (TPSA) is 0 Å². The summed E-state index contributed by atoms with van der Waals surface area (Å²) in [5.74, 6) is 0. The van der Waals surface area contributed by atoms with Crippen molar-refractivity contribution in [2.24, 2.45) is 5.41 Å². The molecule has 0 aromatic heterocycles. The molecule has 13 heavy (non-hydrogen) atoms. The summed E-state index contributed by atoms with van der Waals surface area (Å²) in [7, 11) is 4.50. The SMILES string of the molecule is CC.[B]C.[CH-]=CC(=[CH-])C(C)(C)C.[Y]. The Balaban J connectivity index is -0.0000000712. The van der Waals surface area contributed by atoms with Crippen LogP contribution >= 0.6 is 0 Å². The van der Waals surface area contributed by atoms with Crippen LogP contribution in [-0.4, -0.2) is 7.85 Å². The van der Waals surface area contributed by atoms with Crippen LogP contribution in [0.5, 0.6) is 0 Å². The molecular formula is C11H21BY-2. The standard InChI is InChI=1S/C8H12.C2H6.CH3B.Y/c1-6-7(2)8(3,4)5;2*1-2;/h1-2,6H,3-5H3;1-2H3;1H3;/q-2;;;. The number of hydrogen-bond acceptors (Lipinski definition) is 0. The van der Waals surface area contributed by atoms with Crippen molar-refractivity contribution in [1.82, 2.24) is 0 Å². The van der Waals surface area contributed by atoms with Gasteiger partial charge in [-0.05, 0) is 0 Å². The Morgan fingerprint density at radius 2 is 1.38 bits per heavy atom. The van der Waals surface area contributed by atoms with Gasteiger partial charge in [-0.25, -0.2) is 0 Å². The van der Waals surface area contributed by atoms with E-state index >= 15 is 0 Å².